The van der Waals surface area contributed by atoms with Crippen molar-refractivity contribution in [2.75, 3.05) is 33.2 Å². The molecule has 2 heteroatoms. The quantitative estimate of drug-likeness (QED) is 0.539. The SMILES string of the molecule is C.C.CC.[CH2-][NH+]1CCN(C)CC1. The van der Waals surface area contributed by atoms with Gasteiger partial charge in [0.25, 0.3) is 0 Å². The second kappa shape index (κ2) is 10.9. The second-order valence-corrected chi connectivity index (χ2v) is 2.55. The van der Waals surface area contributed by atoms with E-state index in [4.69, 9.17) is 0 Å². The van der Waals surface area contributed by atoms with Gasteiger partial charge in [-0.25, -0.2) is 0 Å². The summed E-state index contributed by atoms with van der Waals surface area (Å²) in [6, 6.07) is 0. The third-order valence-electron chi connectivity index (χ3n) is 1.69. The molecule has 1 N–H and O–H groups in total. The molecule has 0 spiro atoms. The van der Waals surface area contributed by atoms with Gasteiger partial charge in [0, 0.05) is 13.1 Å². The molecule has 0 unspecified atom stereocenters. The minimum atomic E-state index is 0. The highest BCUT2D eigenvalue weighted by atomic mass is 15.2. The van der Waals surface area contributed by atoms with Crippen molar-refractivity contribution in [1.29, 1.82) is 0 Å². The number of piperazine rings is 1. The van der Waals surface area contributed by atoms with Gasteiger partial charge in [-0.2, -0.15) is 7.05 Å². The molecule has 0 aromatic carbocycles. The van der Waals surface area contributed by atoms with Crippen LogP contribution >= 0.6 is 0 Å². The van der Waals surface area contributed by atoms with Gasteiger partial charge in [-0.3, -0.25) is 4.90 Å². The lowest BCUT2D eigenvalue weighted by Crippen LogP contribution is -3.09. The monoisotopic (exact) mass is 176 g/mol. The van der Waals surface area contributed by atoms with Crippen LogP contribution in [0.3, 0.4) is 0 Å². The van der Waals surface area contributed by atoms with Crippen molar-refractivity contribution in [3.63, 3.8) is 0 Å². The molecular weight excluding hydrogens is 148 g/mol. The Kier molecular flexibility index (Phi) is 16.3. The summed E-state index contributed by atoms with van der Waals surface area (Å²) >= 11 is 0. The summed E-state index contributed by atoms with van der Waals surface area (Å²) < 4.78 is 0. The van der Waals surface area contributed by atoms with Crippen LogP contribution in [0.25, 0.3) is 0 Å². The van der Waals surface area contributed by atoms with Crippen LogP contribution < -0.4 is 4.90 Å². The minimum Gasteiger partial charge on any atom is -0.466 e. The van der Waals surface area contributed by atoms with E-state index in [0.29, 0.717) is 0 Å². The standard InChI is InChI=1S/C6H14N2.C2H6.2CH4/c1-7-3-5-8(2)6-4-7;1-2;;/h7H,1,3-6H2,2H3;1-2H3;2*1H4. The lowest BCUT2D eigenvalue weighted by Gasteiger charge is -2.31. The maximum absolute atomic E-state index is 3.92. The molecule has 0 atom stereocenters. The van der Waals surface area contributed by atoms with Crippen molar-refractivity contribution in [1.82, 2.24) is 4.90 Å². The molecule has 0 saturated carbocycles. The van der Waals surface area contributed by atoms with Crippen molar-refractivity contribution < 1.29 is 4.90 Å². The topological polar surface area (TPSA) is 7.68 Å². The van der Waals surface area contributed by atoms with Gasteiger partial charge < -0.3 is 4.90 Å². The van der Waals surface area contributed by atoms with Gasteiger partial charge in [0.2, 0.25) is 0 Å². The van der Waals surface area contributed by atoms with Gasteiger partial charge in [-0.05, 0) is 7.05 Å². The van der Waals surface area contributed by atoms with Crippen molar-refractivity contribution >= 4 is 0 Å². The van der Waals surface area contributed by atoms with E-state index in [9.17, 15) is 0 Å². The average Bonchev–Trinajstić information content (AvgIpc) is 2.00. The summed E-state index contributed by atoms with van der Waals surface area (Å²) in [4.78, 5) is 3.76. The Balaban J connectivity index is -0.000000189. The minimum absolute atomic E-state index is 0. The van der Waals surface area contributed by atoms with Crippen LogP contribution in [0.1, 0.15) is 28.7 Å². The van der Waals surface area contributed by atoms with E-state index >= 15 is 0 Å². The van der Waals surface area contributed by atoms with Crippen molar-refractivity contribution in [3.8, 4) is 0 Å². The first-order valence-corrected chi connectivity index (χ1v) is 4.14. The summed E-state index contributed by atoms with van der Waals surface area (Å²) in [5.74, 6) is 0. The van der Waals surface area contributed by atoms with Gasteiger partial charge >= 0.3 is 0 Å². The van der Waals surface area contributed by atoms with Gasteiger partial charge in [0.05, 0.1) is 13.1 Å². The highest BCUT2D eigenvalue weighted by molar-refractivity contribution is 4.52. The summed E-state index contributed by atoms with van der Waals surface area (Å²) in [6.07, 6.45) is 0. The third kappa shape index (κ3) is 8.02. The highest BCUT2D eigenvalue weighted by Gasteiger charge is 2.07. The second-order valence-electron chi connectivity index (χ2n) is 2.55. The normalized spacial score (nSPS) is 18.0. The van der Waals surface area contributed by atoms with E-state index in [1.165, 1.54) is 31.1 Å². The van der Waals surface area contributed by atoms with Crippen LogP contribution in [0.5, 0.6) is 0 Å². The van der Waals surface area contributed by atoms with Crippen LogP contribution in [0.4, 0.5) is 0 Å². The fourth-order valence-electron chi connectivity index (χ4n) is 0.935. The number of nitrogens with zero attached hydrogens (tertiary/aromatic N) is 1. The molecule has 1 aliphatic heterocycles. The molecule has 0 bridgehead atoms. The molecule has 0 amide bonds. The van der Waals surface area contributed by atoms with E-state index < -0.39 is 0 Å². The van der Waals surface area contributed by atoms with Crippen molar-refractivity contribution in [2.45, 2.75) is 28.7 Å². The Labute approximate surface area is 79.6 Å². The molecule has 1 fully saturated rings. The molecule has 2 nitrogen and oxygen atoms in total. The zero-order valence-corrected chi connectivity index (χ0v) is 7.48. The van der Waals surface area contributed by atoms with E-state index in [1.54, 1.807) is 0 Å². The fourth-order valence-corrected chi connectivity index (χ4v) is 0.935. The summed E-state index contributed by atoms with van der Waals surface area (Å²) in [5, 5.41) is 0. The summed E-state index contributed by atoms with van der Waals surface area (Å²) in [7, 11) is 6.08. The number of rotatable bonds is 0. The number of likely N-dealkylation sites (N-methyl/N-ethyl adjacent to an activating group) is 1. The molecule has 78 valence electrons. The number of nitrogens with one attached hydrogen (secondary N) is 1. The Morgan fingerprint density at radius 2 is 1.42 bits per heavy atom. The zero-order chi connectivity index (χ0) is 7.98. The average molecular weight is 176 g/mol. The highest BCUT2D eigenvalue weighted by Crippen LogP contribution is 1.79. The van der Waals surface area contributed by atoms with Gasteiger partial charge in [-0.15, -0.1) is 0 Å². The van der Waals surface area contributed by atoms with Gasteiger partial charge in [-0.1, -0.05) is 28.7 Å². The molecule has 1 saturated heterocycles. The maximum atomic E-state index is 3.92. The first kappa shape index (κ1) is 17.9. The van der Waals surface area contributed by atoms with Crippen LogP contribution in [-0.4, -0.2) is 38.1 Å². The molecule has 1 heterocycles. The van der Waals surface area contributed by atoms with Gasteiger partial charge in [0.1, 0.15) is 0 Å². The zero-order valence-electron chi connectivity index (χ0n) is 7.48. The van der Waals surface area contributed by atoms with Gasteiger partial charge in [0.15, 0.2) is 0 Å². The largest absolute Gasteiger partial charge is 0.466 e. The van der Waals surface area contributed by atoms with E-state index in [1.807, 2.05) is 13.8 Å². The Morgan fingerprint density at radius 1 is 1.08 bits per heavy atom. The molecule has 0 radical (unpaired) electrons. The first-order valence-electron chi connectivity index (χ1n) is 4.14. The predicted octanol–water partition coefficient (Wildman–Crippen LogP) is 0.907. The number of hydrogen-bond donors (Lipinski definition) is 1. The van der Waals surface area contributed by atoms with E-state index in [-0.39, 0.29) is 14.9 Å². The summed E-state index contributed by atoms with van der Waals surface area (Å²) in [5.41, 5.74) is 0. The Morgan fingerprint density at radius 3 is 1.67 bits per heavy atom. The predicted molar refractivity (Wildman–Crippen MR) is 58.4 cm³/mol. The number of hydrogen-bond acceptors (Lipinski definition) is 1. The molecule has 12 heavy (non-hydrogen) atoms. The molecule has 0 aromatic heterocycles. The molecule has 0 aliphatic carbocycles. The van der Waals surface area contributed by atoms with Crippen LogP contribution in [0, 0.1) is 7.05 Å². The Bertz CT molecular complexity index is 56.2. The first-order chi connectivity index (χ1) is 4.79. The molecule has 1 aliphatic rings. The van der Waals surface area contributed by atoms with Crippen molar-refractivity contribution in [2.24, 2.45) is 0 Å². The smallest absolute Gasteiger partial charge is 0.0660 e. The van der Waals surface area contributed by atoms with Crippen LogP contribution in [0.15, 0.2) is 0 Å². The summed E-state index contributed by atoms with van der Waals surface area (Å²) in [6.45, 7) is 8.82. The lowest BCUT2D eigenvalue weighted by molar-refractivity contribution is -0.858. The Hall–Kier alpha value is -0.0800. The van der Waals surface area contributed by atoms with Crippen LogP contribution in [-0.2, 0) is 0 Å². The fraction of sp³-hybridized carbons (Fsp3) is 0.900. The molecular formula is C10H28N2. The van der Waals surface area contributed by atoms with E-state index in [0.717, 1.165) is 0 Å². The maximum Gasteiger partial charge on any atom is 0.0660 e. The molecule has 1 rings (SSSR count). The van der Waals surface area contributed by atoms with Crippen LogP contribution in [0.2, 0.25) is 0 Å². The molecule has 0 aromatic rings. The van der Waals surface area contributed by atoms with Crippen molar-refractivity contribution in [3.05, 3.63) is 7.05 Å². The third-order valence-corrected chi connectivity index (χ3v) is 1.69. The van der Waals surface area contributed by atoms with E-state index in [2.05, 4.69) is 19.0 Å². The lowest BCUT2D eigenvalue weighted by atomic mass is 10.4. The number of quaternary nitrogens is 1.